The molecule has 2 saturated heterocycles. The van der Waals surface area contributed by atoms with Crippen molar-refractivity contribution < 1.29 is 23.1 Å². The summed E-state index contributed by atoms with van der Waals surface area (Å²) in [7, 11) is -3.72. The quantitative estimate of drug-likeness (QED) is 0.760. The number of aromatic carboxylic acids is 1. The molecule has 0 unspecified atom stereocenters. The van der Waals surface area contributed by atoms with Crippen LogP contribution >= 0.6 is 0 Å². The van der Waals surface area contributed by atoms with Gasteiger partial charge in [0.1, 0.15) is 0 Å². The first-order chi connectivity index (χ1) is 11.5. The minimum atomic E-state index is -3.72. The number of hydrogen-bond acceptors (Lipinski definition) is 6. The van der Waals surface area contributed by atoms with E-state index in [0.29, 0.717) is 18.9 Å². The van der Waals surface area contributed by atoms with Gasteiger partial charge in [0, 0.05) is 37.4 Å². The molecule has 0 N–H and O–H groups in total. The van der Waals surface area contributed by atoms with E-state index in [0.717, 1.165) is 32.4 Å². The van der Waals surface area contributed by atoms with E-state index in [2.05, 4.69) is 0 Å². The van der Waals surface area contributed by atoms with Crippen LogP contribution in [0.4, 0.5) is 5.69 Å². The summed E-state index contributed by atoms with van der Waals surface area (Å²) in [6, 6.07) is 4.30. The third-order valence-electron chi connectivity index (χ3n) is 4.49. The molecule has 2 fully saturated rings. The van der Waals surface area contributed by atoms with Crippen molar-refractivity contribution in [3.63, 3.8) is 0 Å². The minimum Gasteiger partial charge on any atom is -0.545 e. The molecule has 8 heteroatoms. The maximum absolute atomic E-state index is 12.7. The van der Waals surface area contributed by atoms with Crippen molar-refractivity contribution in [3.05, 3.63) is 23.8 Å². The first-order valence-electron chi connectivity index (χ1n) is 8.18. The number of ether oxygens (including phenoxy) is 1. The number of carboxylic acid groups (broad SMARTS) is 1. The molecule has 0 amide bonds. The van der Waals surface area contributed by atoms with Crippen molar-refractivity contribution in [2.75, 3.05) is 44.3 Å². The summed E-state index contributed by atoms with van der Waals surface area (Å²) in [5.74, 6) is -1.35. The summed E-state index contributed by atoms with van der Waals surface area (Å²) >= 11 is 0. The Balaban J connectivity index is 1.95. The second-order valence-electron chi connectivity index (χ2n) is 6.03. The molecule has 24 heavy (non-hydrogen) atoms. The number of benzene rings is 1. The smallest absolute Gasteiger partial charge is 0.243 e. The van der Waals surface area contributed by atoms with E-state index in [4.69, 9.17) is 4.74 Å². The molecule has 0 saturated carbocycles. The standard InChI is InChI=1S/C16H22N2O5S/c19-16(20)14-12-13(24(21,22)18-8-10-23-11-9-18)4-5-15(14)17-6-2-1-3-7-17/h4-5,12H,1-3,6-11H2,(H,19,20)/p-1. The van der Waals surface area contributed by atoms with E-state index in [1.54, 1.807) is 6.07 Å². The van der Waals surface area contributed by atoms with E-state index < -0.39 is 16.0 Å². The van der Waals surface area contributed by atoms with Gasteiger partial charge in [-0.25, -0.2) is 8.42 Å². The van der Waals surface area contributed by atoms with Crippen LogP contribution in [0.15, 0.2) is 23.1 Å². The zero-order valence-corrected chi connectivity index (χ0v) is 14.3. The molecule has 2 heterocycles. The number of morpholine rings is 1. The maximum Gasteiger partial charge on any atom is 0.243 e. The Morgan fingerprint density at radius 2 is 1.71 bits per heavy atom. The third-order valence-corrected chi connectivity index (χ3v) is 6.39. The molecule has 0 bridgehead atoms. The Hall–Kier alpha value is -1.64. The first-order valence-corrected chi connectivity index (χ1v) is 9.62. The van der Waals surface area contributed by atoms with Gasteiger partial charge in [-0.3, -0.25) is 0 Å². The van der Waals surface area contributed by atoms with Crippen LogP contribution in [0, 0.1) is 0 Å². The molecule has 132 valence electrons. The highest BCUT2D eigenvalue weighted by Gasteiger charge is 2.27. The van der Waals surface area contributed by atoms with Crippen molar-refractivity contribution in [2.24, 2.45) is 0 Å². The first kappa shape index (κ1) is 17.2. The molecule has 7 nitrogen and oxygen atoms in total. The number of anilines is 1. The number of hydrogen-bond donors (Lipinski definition) is 0. The Bertz CT molecular complexity index is 707. The van der Waals surface area contributed by atoms with Crippen molar-refractivity contribution in [3.8, 4) is 0 Å². The third kappa shape index (κ3) is 3.40. The Morgan fingerprint density at radius 1 is 1.04 bits per heavy atom. The molecule has 0 aliphatic carbocycles. The normalized spacial score (nSPS) is 20.1. The van der Waals surface area contributed by atoms with E-state index in [1.807, 2.05) is 4.90 Å². The van der Waals surface area contributed by atoms with Gasteiger partial charge >= 0.3 is 0 Å². The number of carboxylic acids is 1. The lowest BCUT2D eigenvalue weighted by molar-refractivity contribution is -0.254. The largest absolute Gasteiger partial charge is 0.545 e. The van der Waals surface area contributed by atoms with Gasteiger partial charge in [-0.05, 0) is 37.5 Å². The van der Waals surface area contributed by atoms with Crippen LogP contribution in [0.3, 0.4) is 0 Å². The van der Waals surface area contributed by atoms with Gasteiger partial charge < -0.3 is 19.5 Å². The van der Waals surface area contributed by atoms with Crippen molar-refractivity contribution in [2.45, 2.75) is 24.2 Å². The molecule has 1 aromatic rings. The van der Waals surface area contributed by atoms with E-state index in [1.165, 1.54) is 16.4 Å². The summed E-state index contributed by atoms with van der Waals surface area (Å²) < 4.78 is 31.9. The molecule has 2 aliphatic heterocycles. The lowest BCUT2D eigenvalue weighted by Crippen LogP contribution is -2.40. The number of carbonyl (C=O) groups is 1. The molecule has 0 radical (unpaired) electrons. The van der Waals surface area contributed by atoms with Crippen molar-refractivity contribution in [1.82, 2.24) is 4.31 Å². The molecule has 0 aromatic heterocycles. The highest BCUT2D eigenvalue weighted by Crippen LogP contribution is 2.28. The fourth-order valence-electron chi connectivity index (χ4n) is 3.19. The predicted octanol–water partition coefficient (Wildman–Crippen LogP) is 0.0613. The molecule has 0 atom stereocenters. The maximum atomic E-state index is 12.7. The van der Waals surface area contributed by atoms with Crippen LogP contribution < -0.4 is 10.0 Å². The van der Waals surface area contributed by atoms with Crippen LogP contribution in [0.2, 0.25) is 0 Å². The monoisotopic (exact) mass is 353 g/mol. The fourth-order valence-corrected chi connectivity index (χ4v) is 4.62. The van der Waals surface area contributed by atoms with Gasteiger partial charge in [-0.1, -0.05) is 0 Å². The van der Waals surface area contributed by atoms with Crippen LogP contribution in [-0.4, -0.2) is 58.1 Å². The number of sulfonamides is 1. The minimum absolute atomic E-state index is 0.00985. The molecule has 2 aliphatic rings. The second kappa shape index (κ2) is 7.08. The van der Waals surface area contributed by atoms with Gasteiger partial charge in [0.25, 0.3) is 0 Å². The average molecular weight is 353 g/mol. The summed E-state index contributed by atoms with van der Waals surface area (Å²) in [5.41, 5.74) is 0.474. The number of rotatable bonds is 4. The van der Waals surface area contributed by atoms with Crippen LogP contribution in [0.1, 0.15) is 29.6 Å². The zero-order valence-electron chi connectivity index (χ0n) is 13.4. The van der Waals surface area contributed by atoms with Crippen LogP contribution in [0.5, 0.6) is 0 Å². The Morgan fingerprint density at radius 3 is 2.33 bits per heavy atom. The Labute approximate surface area is 141 Å². The van der Waals surface area contributed by atoms with E-state index >= 15 is 0 Å². The number of piperidine rings is 1. The number of nitrogens with zero attached hydrogens (tertiary/aromatic N) is 2. The van der Waals surface area contributed by atoms with E-state index in [-0.39, 0.29) is 23.5 Å². The second-order valence-corrected chi connectivity index (χ2v) is 7.97. The molecular formula is C16H21N2O5S-. The average Bonchev–Trinajstić information content (AvgIpc) is 2.62. The van der Waals surface area contributed by atoms with Gasteiger partial charge in [-0.15, -0.1) is 0 Å². The van der Waals surface area contributed by atoms with Crippen LogP contribution in [0.25, 0.3) is 0 Å². The Kier molecular flexibility index (Phi) is 5.07. The summed E-state index contributed by atoms with van der Waals surface area (Å²) in [6.07, 6.45) is 3.13. The number of carbonyl (C=O) groups excluding carboxylic acids is 1. The molecular weight excluding hydrogens is 332 g/mol. The molecule has 3 rings (SSSR count). The van der Waals surface area contributed by atoms with Crippen molar-refractivity contribution in [1.29, 1.82) is 0 Å². The zero-order chi connectivity index (χ0) is 17.2. The molecule has 1 aromatic carbocycles. The summed E-state index contributed by atoms with van der Waals surface area (Å²) in [6.45, 7) is 2.79. The van der Waals surface area contributed by atoms with Gasteiger partial charge in [-0.2, -0.15) is 4.31 Å². The van der Waals surface area contributed by atoms with Crippen LogP contribution in [-0.2, 0) is 14.8 Å². The lowest BCUT2D eigenvalue weighted by atomic mass is 10.1. The van der Waals surface area contributed by atoms with Gasteiger partial charge in [0.05, 0.1) is 24.1 Å². The topological polar surface area (TPSA) is 90.0 Å². The van der Waals surface area contributed by atoms with Gasteiger partial charge in [0.15, 0.2) is 0 Å². The lowest BCUT2D eigenvalue weighted by Gasteiger charge is -2.31. The summed E-state index contributed by atoms with van der Waals surface area (Å²) in [5, 5.41) is 11.6. The SMILES string of the molecule is O=C([O-])c1cc(S(=O)(=O)N2CCOCC2)ccc1N1CCCCC1. The fraction of sp³-hybridized carbons (Fsp3) is 0.562. The van der Waals surface area contributed by atoms with Crippen molar-refractivity contribution >= 4 is 21.7 Å². The van der Waals surface area contributed by atoms with E-state index in [9.17, 15) is 18.3 Å². The summed E-state index contributed by atoms with van der Waals surface area (Å²) in [4.78, 5) is 13.5. The van der Waals surface area contributed by atoms with Gasteiger partial charge in [0.2, 0.25) is 10.0 Å². The molecule has 0 spiro atoms. The highest BCUT2D eigenvalue weighted by atomic mass is 32.2. The predicted molar refractivity (Wildman–Crippen MR) is 86.4 cm³/mol. The highest BCUT2D eigenvalue weighted by molar-refractivity contribution is 7.89.